The smallest absolute Gasteiger partial charge is 0.0223 e. The van der Waals surface area contributed by atoms with Crippen molar-refractivity contribution in [2.45, 2.75) is 51.1 Å². The van der Waals surface area contributed by atoms with E-state index in [-0.39, 0.29) is 0 Å². The van der Waals surface area contributed by atoms with Crippen LogP contribution >= 0.6 is 0 Å². The SMILES string of the molecule is CC1CC(N2CCN3CCCCC3C2)C1. The molecular weight excluding hydrogens is 184 g/mol. The van der Waals surface area contributed by atoms with Crippen molar-refractivity contribution in [2.75, 3.05) is 26.2 Å². The summed E-state index contributed by atoms with van der Waals surface area (Å²) in [6, 6.07) is 1.85. The van der Waals surface area contributed by atoms with E-state index in [9.17, 15) is 0 Å². The highest BCUT2D eigenvalue weighted by Crippen LogP contribution is 2.33. The highest BCUT2D eigenvalue weighted by Gasteiger charge is 2.36. The van der Waals surface area contributed by atoms with Gasteiger partial charge in [-0.15, -0.1) is 0 Å². The largest absolute Gasteiger partial charge is 0.298 e. The van der Waals surface area contributed by atoms with Gasteiger partial charge in [0.05, 0.1) is 0 Å². The molecule has 3 aliphatic rings. The molecule has 0 aromatic carbocycles. The first-order chi connectivity index (χ1) is 7.33. The van der Waals surface area contributed by atoms with Gasteiger partial charge in [0.2, 0.25) is 0 Å². The molecule has 0 N–H and O–H groups in total. The fourth-order valence-electron chi connectivity index (χ4n) is 3.67. The lowest BCUT2D eigenvalue weighted by atomic mass is 9.80. The van der Waals surface area contributed by atoms with Gasteiger partial charge in [-0.1, -0.05) is 13.3 Å². The van der Waals surface area contributed by atoms with Crippen LogP contribution in [-0.4, -0.2) is 48.1 Å². The van der Waals surface area contributed by atoms with E-state index in [1.54, 1.807) is 0 Å². The molecule has 2 aliphatic heterocycles. The first kappa shape index (κ1) is 10.1. The second kappa shape index (κ2) is 4.06. The van der Waals surface area contributed by atoms with Crippen LogP contribution in [0.1, 0.15) is 39.0 Å². The molecule has 3 fully saturated rings. The maximum atomic E-state index is 2.78. The van der Waals surface area contributed by atoms with Crippen LogP contribution in [0.5, 0.6) is 0 Å². The van der Waals surface area contributed by atoms with E-state index in [4.69, 9.17) is 0 Å². The van der Waals surface area contributed by atoms with Crippen LogP contribution in [0, 0.1) is 5.92 Å². The van der Waals surface area contributed by atoms with Gasteiger partial charge in [-0.2, -0.15) is 0 Å². The molecule has 3 rings (SSSR count). The quantitative estimate of drug-likeness (QED) is 0.650. The van der Waals surface area contributed by atoms with Crippen LogP contribution in [0.3, 0.4) is 0 Å². The number of piperazine rings is 1. The zero-order chi connectivity index (χ0) is 10.3. The minimum absolute atomic E-state index is 0.906. The van der Waals surface area contributed by atoms with Crippen molar-refractivity contribution in [3.05, 3.63) is 0 Å². The molecule has 1 atom stereocenters. The van der Waals surface area contributed by atoms with E-state index in [1.807, 2.05) is 0 Å². The number of piperidine rings is 1. The molecule has 1 unspecified atom stereocenters. The number of nitrogens with zero attached hydrogens (tertiary/aromatic N) is 2. The van der Waals surface area contributed by atoms with Crippen molar-refractivity contribution in [1.82, 2.24) is 9.80 Å². The Balaban J connectivity index is 1.55. The van der Waals surface area contributed by atoms with E-state index in [1.165, 1.54) is 58.3 Å². The molecule has 2 saturated heterocycles. The Morgan fingerprint density at radius 3 is 2.47 bits per heavy atom. The third-order valence-electron chi connectivity index (χ3n) is 4.73. The van der Waals surface area contributed by atoms with Gasteiger partial charge in [0.1, 0.15) is 0 Å². The summed E-state index contributed by atoms with van der Waals surface area (Å²) in [4.78, 5) is 5.52. The van der Waals surface area contributed by atoms with Crippen molar-refractivity contribution >= 4 is 0 Å². The maximum Gasteiger partial charge on any atom is 0.0223 e. The summed E-state index contributed by atoms with van der Waals surface area (Å²) in [5.41, 5.74) is 0. The number of hydrogen-bond acceptors (Lipinski definition) is 2. The van der Waals surface area contributed by atoms with Crippen molar-refractivity contribution < 1.29 is 0 Å². The summed E-state index contributed by atoms with van der Waals surface area (Å²) in [5, 5.41) is 0. The normalized spacial score (nSPS) is 43.4. The summed E-state index contributed by atoms with van der Waals surface area (Å²) in [6.07, 6.45) is 7.30. The topological polar surface area (TPSA) is 6.48 Å². The molecule has 2 heteroatoms. The van der Waals surface area contributed by atoms with Crippen LogP contribution in [0.25, 0.3) is 0 Å². The van der Waals surface area contributed by atoms with Crippen LogP contribution in [-0.2, 0) is 0 Å². The van der Waals surface area contributed by atoms with Gasteiger partial charge in [0.25, 0.3) is 0 Å². The molecule has 86 valence electrons. The van der Waals surface area contributed by atoms with Gasteiger partial charge >= 0.3 is 0 Å². The second-order valence-electron chi connectivity index (χ2n) is 5.91. The Kier molecular flexibility index (Phi) is 2.73. The van der Waals surface area contributed by atoms with Crippen LogP contribution in [0.15, 0.2) is 0 Å². The lowest BCUT2D eigenvalue weighted by molar-refractivity contribution is -0.00603. The van der Waals surface area contributed by atoms with Crippen LogP contribution in [0.2, 0.25) is 0 Å². The van der Waals surface area contributed by atoms with Gasteiger partial charge in [0, 0.05) is 31.7 Å². The Bertz CT molecular complexity index is 223. The van der Waals surface area contributed by atoms with Crippen LogP contribution in [0.4, 0.5) is 0 Å². The molecule has 0 radical (unpaired) electrons. The summed E-state index contributed by atoms with van der Waals surface area (Å²) in [7, 11) is 0. The number of hydrogen-bond donors (Lipinski definition) is 0. The molecule has 0 aromatic heterocycles. The maximum absolute atomic E-state index is 2.78. The summed E-state index contributed by atoms with van der Waals surface area (Å²) in [5.74, 6) is 0.999. The van der Waals surface area contributed by atoms with Crippen molar-refractivity contribution in [3.63, 3.8) is 0 Å². The lowest BCUT2D eigenvalue weighted by Gasteiger charge is -2.50. The Labute approximate surface area is 93.6 Å². The van der Waals surface area contributed by atoms with Crippen LogP contribution < -0.4 is 0 Å². The Morgan fingerprint density at radius 2 is 1.67 bits per heavy atom. The fraction of sp³-hybridized carbons (Fsp3) is 1.00. The molecule has 0 amide bonds. The summed E-state index contributed by atoms with van der Waals surface area (Å²) >= 11 is 0. The fourth-order valence-corrected chi connectivity index (χ4v) is 3.67. The molecule has 0 aromatic rings. The summed E-state index contributed by atoms with van der Waals surface area (Å²) in [6.45, 7) is 7.83. The third kappa shape index (κ3) is 1.94. The molecule has 15 heavy (non-hydrogen) atoms. The highest BCUT2D eigenvalue weighted by molar-refractivity contribution is 4.92. The lowest BCUT2D eigenvalue weighted by Crippen LogP contribution is -2.59. The van der Waals surface area contributed by atoms with Gasteiger partial charge in [-0.25, -0.2) is 0 Å². The molecular formula is C13H24N2. The zero-order valence-corrected chi connectivity index (χ0v) is 9.99. The van der Waals surface area contributed by atoms with Crippen molar-refractivity contribution in [1.29, 1.82) is 0 Å². The average molecular weight is 208 g/mol. The predicted octanol–water partition coefficient (Wildman–Crippen LogP) is 1.96. The van der Waals surface area contributed by atoms with Crippen molar-refractivity contribution in [2.24, 2.45) is 5.92 Å². The standard InChI is InChI=1S/C13H24N2/c1-11-8-13(9-11)15-7-6-14-5-3-2-4-12(14)10-15/h11-13H,2-10H2,1H3. The molecule has 0 spiro atoms. The molecule has 1 aliphatic carbocycles. The molecule has 2 nitrogen and oxygen atoms in total. The van der Waals surface area contributed by atoms with E-state index in [2.05, 4.69) is 16.7 Å². The van der Waals surface area contributed by atoms with E-state index >= 15 is 0 Å². The van der Waals surface area contributed by atoms with Gasteiger partial charge in [-0.05, 0) is 38.1 Å². The summed E-state index contributed by atoms with van der Waals surface area (Å²) < 4.78 is 0. The van der Waals surface area contributed by atoms with Gasteiger partial charge in [-0.3, -0.25) is 9.80 Å². The van der Waals surface area contributed by atoms with E-state index in [0.717, 1.165) is 18.0 Å². The number of fused-ring (bicyclic) bond motifs is 1. The van der Waals surface area contributed by atoms with E-state index in [0.29, 0.717) is 0 Å². The van der Waals surface area contributed by atoms with Gasteiger partial charge in [0.15, 0.2) is 0 Å². The predicted molar refractivity (Wildman–Crippen MR) is 63.0 cm³/mol. The van der Waals surface area contributed by atoms with Crippen molar-refractivity contribution in [3.8, 4) is 0 Å². The highest BCUT2D eigenvalue weighted by atomic mass is 15.3. The monoisotopic (exact) mass is 208 g/mol. The first-order valence-corrected chi connectivity index (χ1v) is 6.81. The second-order valence-corrected chi connectivity index (χ2v) is 5.91. The minimum Gasteiger partial charge on any atom is -0.298 e. The minimum atomic E-state index is 0.906. The molecule has 0 bridgehead atoms. The number of rotatable bonds is 1. The first-order valence-electron chi connectivity index (χ1n) is 6.81. The van der Waals surface area contributed by atoms with Gasteiger partial charge < -0.3 is 0 Å². The zero-order valence-electron chi connectivity index (χ0n) is 9.99. The third-order valence-corrected chi connectivity index (χ3v) is 4.73. The molecule has 1 saturated carbocycles. The molecule has 2 heterocycles. The Morgan fingerprint density at radius 1 is 0.867 bits per heavy atom. The Hall–Kier alpha value is -0.0800. The van der Waals surface area contributed by atoms with E-state index < -0.39 is 0 Å². The average Bonchev–Trinajstić information content (AvgIpc) is 2.24.